The number of thiazole rings is 1. The van der Waals surface area contributed by atoms with E-state index in [1.54, 1.807) is 26.4 Å². The van der Waals surface area contributed by atoms with E-state index < -0.39 is 23.8 Å². The van der Waals surface area contributed by atoms with Gasteiger partial charge in [0.2, 0.25) is 0 Å². The number of halogens is 3. The molecular weight excluding hydrogens is 533 g/mol. The van der Waals surface area contributed by atoms with Gasteiger partial charge in [-0.15, -0.1) is 24.4 Å². The number of benzene rings is 2. The van der Waals surface area contributed by atoms with Crippen molar-refractivity contribution in [3.8, 4) is 21.9 Å². The first-order chi connectivity index (χ1) is 18.6. The third-order valence-electron chi connectivity index (χ3n) is 6.40. The van der Waals surface area contributed by atoms with Crippen molar-refractivity contribution in [2.24, 2.45) is 5.92 Å². The molecule has 210 valence electrons. The summed E-state index contributed by atoms with van der Waals surface area (Å²) in [5.41, 5.74) is 0.0951. The highest BCUT2D eigenvalue weighted by atomic mass is 32.1. The zero-order chi connectivity index (χ0) is 28.2. The van der Waals surface area contributed by atoms with Crippen LogP contribution in [0.1, 0.15) is 64.3 Å². The Morgan fingerprint density at radius 3 is 2.41 bits per heavy atom. The van der Waals surface area contributed by atoms with E-state index in [0.29, 0.717) is 23.1 Å². The Morgan fingerprint density at radius 1 is 1.10 bits per heavy atom. The van der Waals surface area contributed by atoms with Gasteiger partial charge in [-0.1, -0.05) is 37.0 Å². The Kier molecular flexibility index (Phi) is 9.14. The zero-order valence-electron chi connectivity index (χ0n) is 21.6. The Hall–Kier alpha value is -3.15. The van der Waals surface area contributed by atoms with Gasteiger partial charge in [0.1, 0.15) is 0 Å². The summed E-state index contributed by atoms with van der Waals surface area (Å²) >= 11 is 1.17. The first-order valence-electron chi connectivity index (χ1n) is 12.6. The molecule has 11 heteroatoms. The summed E-state index contributed by atoms with van der Waals surface area (Å²) in [7, 11) is 3.18. The summed E-state index contributed by atoms with van der Waals surface area (Å²) in [6.07, 6.45) is -0.540. The monoisotopic (exact) mass is 563 g/mol. The van der Waals surface area contributed by atoms with E-state index in [0.717, 1.165) is 43.0 Å². The fourth-order valence-electron chi connectivity index (χ4n) is 3.86. The molecule has 0 bridgehead atoms. The number of aromatic carboxylic acids is 1. The van der Waals surface area contributed by atoms with Crippen LogP contribution >= 0.6 is 11.3 Å². The lowest BCUT2D eigenvalue weighted by atomic mass is 10.1. The lowest BCUT2D eigenvalue weighted by Crippen LogP contribution is -2.05. The molecule has 0 spiro atoms. The Balaban J connectivity index is 0.000000183. The SMILES string of the molecule is COc1ccc(C(O)C[N-]CC2CC2)cc1OC.O=C(O)c1nc(C2CC2)sc1-c1cccc(C(F)(F)F)c1. The molecule has 2 saturated carbocycles. The standard InChI is InChI=1S/C14H10F3NO2S.C14H20NO3/c15-14(16,17)9-3-1-2-8(6-9)11-10(13(19)20)18-12(21-11)7-4-5-7;1-17-13-6-5-11(7-14(13)18-2)12(16)9-15-8-10-3-4-10/h1-3,6-7H,4-5H2,(H,19,20);5-7,10,12,16H,3-4,8-9H2,1-2H3/q;-1. The molecule has 7 nitrogen and oxygen atoms in total. The number of aromatic nitrogens is 1. The van der Waals surface area contributed by atoms with Crippen LogP contribution in [-0.4, -0.2) is 48.5 Å². The van der Waals surface area contributed by atoms with Crippen molar-refractivity contribution < 1.29 is 37.7 Å². The number of hydrogen-bond donors (Lipinski definition) is 2. The number of hydrogen-bond acceptors (Lipinski definition) is 6. The van der Waals surface area contributed by atoms with Crippen LogP contribution in [-0.2, 0) is 6.18 Å². The largest absolute Gasteiger partial charge is 0.660 e. The summed E-state index contributed by atoms with van der Waals surface area (Å²) in [6, 6.07) is 10.1. The summed E-state index contributed by atoms with van der Waals surface area (Å²) in [6.45, 7) is 1.33. The maximum Gasteiger partial charge on any atom is 0.416 e. The van der Waals surface area contributed by atoms with Gasteiger partial charge in [-0.2, -0.15) is 13.2 Å². The van der Waals surface area contributed by atoms with Gasteiger partial charge >= 0.3 is 12.1 Å². The fourth-order valence-corrected chi connectivity index (χ4v) is 5.09. The number of carboxylic acid groups (broad SMARTS) is 1. The minimum Gasteiger partial charge on any atom is -0.660 e. The highest BCUT2D eigenvalue weighted by molar-refractivity contribution is 7.15. The van der Waals surface area contributed by atoms with Crippen LogP contribution in [0.2, 0.25) is 0 Å². The molecular formula is C28H30F3N2O5S-. The van der Waals surface area contributed by atoms with E-state index in [1.807, 2.05) is 6.07 Å². The second kappa shape index (κ2) is 12.4. The molecule has 2 N–H and O–H groups in total. The highest BCUT2D eigenvalue weighted by Gasteiger charge is 2.33. The molecule has 1 heterocycles. The van der Waals surface area contributed by atoms with Crippen molar-refractivity contribution in [3.05, 3.63) is 69.6 Å². The molecule has 2 aromatic carbocycles. The van der Waals surface area contributed by atoms with Gasteiger partial charge in [-0.05, 0) is 48.2 Å². The number of aliphatic hydroxyl groups excluding tert-OH is 1. The van der Waals surface area contributed by atoms with Crippen molar-refractivity contribution in [2.75, 3.05) is 27.3 Å². The van der Waals surface area contributed by atoms with Crippen molar-refractivity contribution in [1.82, 2.24) is 4.98 Å². The van der Waals surface area contributed by atoms with Gasteiger partial charge in [0.05, 0.1) is 35.8 Å². The molecule has 2 aliphatic carbocycles. The van der Waals surface area contributed by atoms with Gasteiger partial charge in [-0.3, -0.25) is 0 Å². The highest BCUT2D eigenvalue weighted by Crippen LogP contribution is 2.45. The van der Waals surface area contributed by atoms with Crippen LogP contribution in [0.5, 0.6) is 11.5 Å². The molecule has 2 aliphatic rings. The second-order valence-electron chi connectivity index (χ2n) is 9.55. The lowest BCUT2D eigenvalue weighted by Gasteiger charge is -2.23. The van der Waals surface area contributed by atoms with Crippen LogP contribution in [0.25, 0.3) is 15.8 Å². The Labute approximate surface area is 228 Å². The molecule has 1 unspecified atom stereocenters. The Morgan fingerprint density at radius 2 is 1.82 bits per heavy atom. The third-order valence-corrected chi connectivity index (χ3v) is 7.67. The van der Waals surface area contributed by atoms with Crippen LogP contribution in [0.3, 0.4) is 0 Å². The van der Waals surface area contributed by atoms with Crippen molar-refractivity contribution in [1.29, 1.82) is 0 Å². The van der Waals surface area contributed by atoms with Crippen molar-refractivity contribution in [2.45, 2.75) is 43.9 Å². The predicted molar refractivity (Wildman–Crippen MR) is 142 cm³/mol. The smallest absolute Gasteiger partial charge is 0.416 e. The van der Waals surface area contributed by atoms with Crippen LogP contribution in [0.15, 0.2) is 42.5 Å². The summed E-state index contributed by atoms with van der Waals surface area (Å²) < 4.78 is 48.6. The van der Waals surface area contributed by atoms with Gasteiger partial charge in [0.15, 0.2) is 17.2 Å². The zero-order valence-corrected chi connectivity index (χ0v) is 22.4. The van der Waals surface area contributed by atoms with E-state index in [-0.39, 0.29) is 22.1 Å². The van der Waals surface area contributed by atoms with E-state index in [2.05, 4.69) is 10.3 Å². The quantitative estimate of drug-likeness (QED) is 0.277. The molecule has 0 amide bonds. The maximum absolute atomic E-state index is 12.8. The van der Waals surface area contributed by atoms with E-state index in [4.69, 9.17) is 9.47 Å². The number of carbonyl (C=O) groups is 1. The summed E-state index contributed by atoms with van der Waals surface area (Å²) in [5, 5.41) is 24.3. The number of nitrogens with zero attached hydrogens (tertiary/aromatic N) is 2. The molecule has 39 heavy (non-hydrogen) atoms. The van der Waals surface area contributed by atoms with Crippen LogP contribution in [0.4, 0.5) is 13.2 Å². The number of ether oxygens (including phenoxy) is 2. The minimum atomic E-state index is -4.45. The topological polar surface area (TPSA) is 103 Å². The molecule has 3 aromatic rings. The first-order valence-corrected chi connectivity index (χ1v) is 13.4. The first kappa shape index (κ1) is 28.8. The molecule has 1 aromatic heterocycles. The lowest BCUT2D eigenvalue weighted by molar-refractivity contribution is -0.137. The summed E-state index contributed by atoms with van der Waals surface area (Å²) in [4.78, 5) is 15.6. The number of alkyl halides is 3. The molecule has 0 saturated heterocycles. The maximum atomic E-state index is 12.8. The molecule has 1 atom stereocenters. The summed E-state index contributed by atoms with van der Waals surface area (Å²) in [5.74, 6) is 1.11. The molecule has 0 radical (unpaired) electrons. The van der Waals surface area contributed by atoms with E-state index in [9.17, 15) is 28.2 Å². The number of aliphatic hydroxyl groups is 1. The van der Waals surface area contributed by atoms with Crippen molar-refractivity contribution >= 4 is 17.3 Å². The fraction of sp³-hybridized carbons (Fsp3) is 0.429. The molecule has 2 fully saturated rings. The van der Waals surface area contributed by atoms with Crippen molar-refractivity contribution in [3.63, 3.8) is 0 Å². The van der Waals surface area contributed by atoms with Gasteiger partial charge in [-0.25, -0.2) is 9.78 Å². The van der Waals surface area contributed by atoms with Gasteiger partial charge in [0, 0.05) is 5.92 Å². The average molecular weight is 564 g/mol. The molecule has 5 rings (SSSR count). The van der Waals surface area contributed by atoms with Gasteiger partial charge in [0.25, 0.3) is 0 Å². The Bertz CT molecular complexity index is 1290. The van der Waals surface area contributed by atoms with Crippen LogP contribution in [0, 0.1) is 5.92 Å². The predicted octanol–water partition coefficient (Wildman–Crippen LogP) is 6.93. The van der Waals surface area contributed by atoms with E-state index in [1.165, 1.54) is 36.3 Å². The van der Waals surface area contributed by atoms with Gasteiger partial charge < -0.3 is 25.0 Å². The van der Waals surface area contributed by atoms with Crippen LogP contribution < -0.4 is 9.47 Å². The number of carboxylic acids is 1. The number of methoxy groups -OCH3 is 2. The third kappa shape index (κ3) is 7.71. The normalized spacial score (nSPS) is 15.7. The van der Waals surface area contributed by atoms with E-state index >= 15 is 0 Å². The minimum absolute atomic E-state index is 0.166. The average Bonchev–Trinajstić information content (AvgIpc) is 3.87. The number of rotatable bonds is 10. The molecule has 0 aliphatic heterocycles. The second-order valence-corrected chi connectivity index (χ2v) is 10.6.